The molecule has 0 atom stereocenters. The van der Waals surface area contributed by atoms with Crippen LogP contribution in [0, 0.1) is 0 Å². The van der Waals surface area contributed by atoms with E-state index in [4.69, 9.17) is 4.42 Å². The number of benzene rings is 11. The van der Waals surface area contributed by atoms with Gasteiger partial charge in [0.05, 0.1) is 0 Å². The van der Waals surface area contributed by atoms with Gasteiger partial charge in [0.2, 0.25) is 0 Å². The van der Waals surface area contributed by atoms with E-state index in [0.29, 0.717) is 0 Å². The van der Waals surface area contributed by atoms with Gasteiger partial charge in [-0.2, -0.15) is 0 Å². The molecular weight excluding hydrogens is 665 g/mol. The second-order valence-electron chi connectivity index (χ2n) is 14.7. The number of para-hydroxylation sites is 1. The van der Waals surface area contributed by atoms with E-state index in [1.807, 2.05) is 12.1 Å². The van der Waals surface area contributed by atoms with Gasteiger partial charge in [-0.15, -0.1) is 0 Å². The van der Waals surface area contributed by atoms with Crippen molar-refractivity contribution in [3.63, 3.8) is 0 Å². The summed E-state index contributed by atoms with van der Waals surface area (Å²) in [4.78, 5) is 0. The molecule has 11 aromatic carbocycles. The van der Waals surface area contributed by atoms with Gasteiger partial charge in [0.15, 0.2) is 0 Å². The third kappa shape index (κ3) is 4.41. The summed E-state index contributed by atoms with van der Waals surface area (Å²) in [6.45, 7) is 0. The molecule has 0 aliphatic carbocycles. The van der Waals surface area contributed by atoms with Crippen LogP contribution >= 0.6 is 0 Å². The van der Waals surface area contributed by atoms with E-state index in [-0.39, 0.29) is 0 Å². The first-order valence-electron chi connectivity index (χ1n) is 19.0. The summed E-state index contributed by atoms with van der Waals surface area (Å²) in [6, 6.07) is 71.2. The molecule has 0 N–H and O–H groups in total. The van der Waals surface area contributed by atoms with Crippen molar-refractivity contribution in [3.8, 4) is 33.4 Å². The monoisotopic (exact) mass is 696 g/mol. The zero-order valence-corrected chi connectivity index (χ0v) is 29.9. The Labute approximate surface area is 317 Å². The normalized spacial score (nSPS) is 12.0. The maximum Gasteiger partial charge on any atom is 0.135 e. The predicted molar refractivity (Wildman–Crippen MR) is 235 cm³/mol. The molecule has 0 aliphatic heterocycles. The highest BCUT2D eigenvalue weighted by atomic mass is 16.3. The first-order chi connectivity index (χ1) is 27.3. The third-order valence-electron chi connectivity index (χ3n) is 11.8. The molecule has 254 valence electrons. The largest absolute Gasteiger partial charge is 0.456 e. The Kier molecular flexibility index (Phi) is 6.40. The summed E-state index contributed by atoms with van der Waals surface area (Å²) in [7, 11) is 0. The molecule has 1 heteroatoms. The lowest BCUT2D eigenvalue weighted by molar-refractivity contribution is 0.669. The maximum absolute atomic E-state index is 6.17. The van der Waals surface area contributed by atoms with Gasteiger partial charge in [0.25, 0.3) is 0 Å². The number of fused-ring (bicyclic) bond motifs is 13. The van der Waals surface area contributed by atoms with Gasteiger partial charge in [0, 0.05) is 10.8 Å². The van der Waals surface area contributed by atoms with Crippen molar-refractivity contribution in [2.24, 2.45) is 0 Å². The molecule has 0 unspecified atom stereocenters. The van der Waals surface area contributed by atoms with Crippen LogP contribution in [0.2, 0.25) is 0 Å². The van der Waals surface area contributed by atoms with Gasteiger partial charge >= 0.3 is 0 Å². The van der Waals surface area contributed by atoms with E-state index in [9.17, 15) is 0 Å². The van der Waals surface area contributed by atoms with Crippen molar-refractivity contribution in [1.82, 2.24) is 0 Å². The first-order valence-corrected chi connectivity index (χ1v) is 19.0. The van der Waals surface area contributed by atoms with Crippen LogP contribution < -0.4 is 0 Å². The minimum Gasteiger partial charge on any atom is -0.456 e. The Morgan fingerprint density at radius 1 is 0.236 bits per heavy atom. The van der Waals surface area contributed by atoms with Crippen LogP contribution in [0.1, 0.15) is 0 Å². The van der Waals surface area contributed by atoms with Crippen molar-refractivity contribution in [2.45, 2.75) is 0 Å². The number of hydrogen-bond acceptors (Lipinski definition) is 1. The van der Waals surface area contributed by atoms with Crippen molar-refractivity contribution in [2.75, 3.05) is 0 Å². The maximum atomic E-state index is 6.17. The van der Waals surface area contributed by atoms with Gasteiger partial charge in [-0.1, -0.05) is 164 Å². The van der Waals surface area contributed by atoms with Crippen LogP contribution in [-0.2, 0) is 0 Å². The Hall–Kier alpha value is -7.22. The lowest BCUT2D eigenvalue weighted by Gasteiger charge is -2.21. The van der Waals surface area contributed by atoms with Gasteiger partial charge in [0.1, 0.15) is 11.2 Å². The minimum absolute atomic E-state index is 0.913. The highest BCUT2D eigenvalue weighted by molar-refractivity contribution is 6.34. The van der Waals surface area contributed by atoms with Crippen LogP contribution in [0.5, 0.6) is 0 Å². The molecule has 55 heavy (non-hydrogen) atoms. The topological polar surface area (TPSA) is 13.1 Å². The lowest BCUT2D eigenvalue weighted by atomic mass is 9.82. The van der Waals surface area contributed by atoms with Gasteiger partial charge < -0.3 is 4.42 Å². The van der Waals surface area contributed by atoms with Crippen LogP contribution in [0.15, 0.2) is 199 Å². The summed E-state index contributed by atoms with van der Waals surface area (Å²) in [5.41, 5.74) is 9.19. The van der Waals surface area contributed by atoms with Gasteiger partial charge in [-0.25, -0.2) is 0 Å². The lowest BCUT2D eigenvalue weighted by Crippen LogP contribution is -1.93. The molecule has 0 saturated heterocycles. The molecule has 0 aliphatic rings. The molecule has 12 rings (SSSR count). The van der Waals surface area contributed by atoms with E-state index >= 15 is 0 Å². The second kappa shape index (κ2) is 11.6. The minimum atomic E-state index is 0.913. The van der Waals surface area contributed by atoms with E-state index in [1.165, 1.54) is 98.0 Å². The van der Waals surface area contributed by atoms with E-state index in [2.05, 4.69) is 182 Å². The summed E-state index contributed by atoms with van der Waals surface area (Å²) >= 11 is 0. The fraction of sp³-hybridized carbons (Fsp3) is 0. The summed E-state index contributed by atoms with van der Waals surface area (Å²) in [5, 5.41) is 17.6. The SMILES string of the molecule is c1cc(-c2ccc3oc4ccccc4c3c2)cc(-c2c3ccccc3c(-c3cc4c5ccccc5c5ccccc5c4c4ccccc34)c3ccccc23)c1. The molecule has 12 aromatic rings. The number of hydrogen-bond donors (Lipinski definition) is 0. The van der Waals surface area contributed by atoms with E-state index in [1.54, 1.807) is 0 Å². The van der Waals surface area contributed by atoms with Crippen molar-refractivity contribution in [3.05, 3.63) is 194 Å². The smallest absolute Gasteiger partial charge is 0.135 e. The fourth-order valence-corrected chi connectivity index (χ4v) is 9.46. The van der Waals surface area contributed by atoms with E-state index in [0.717, 1.165) is 21.9 Å². The van der Waals surface area contributed by atoms with Crippen LogP contribution in [-0.4, -0.2) is 0 Å². The third-order valence-corrected chi connectivity index (χ3v) is 11.8. The molecule has 1 heterocycles. The van der Waals surface area contributed by atoms with Crippen LogP contribution in [0.25, 0.3) is 120 Å². The highest BCUT2D eigenvalue weighted by Gasteiger charge is 2.21. The second-order valence-corrected chi connectivity index (χ2v) is 14.7. The first kappa shape index (κ1) is 30.3. The molecule has 0 amide bonds. The Balaban J connectivity index is 1.15. The summed E-state index contributed by atoms with van der Waals surface area (Å²) in [6.07, 6.45) is 0. The van der Waals surface area contributed by atoms with Gasteiger partial charge in [-0.3, -0.25) is 0 Å². The van der Waals surface area contributed by atoms with Gasteiger partial charge in [-0.05, 0) is 128 Å². The Morgan fingerprint density at radius 3 is 1.36 bits per heavy atom. The van der Waals surface area contributed by atoms with Crippen molar-refractivity contribution < 1.29 is 4.42 Å². The van der Waals surface area contributed by atoms with Crippen molar-refractivity contribution in [1.29, 1.82) is 0 Å². The molecule has 0 radical (unpaired) electrons. The number of furan rings is 1. The average molecular weight is 697 g/mol. The molecule has 1 aromatic heterocycles. The zero-order valence-electron chi connectivity index (χ0n) is 29.9. The predicted octanol–water partition coefficient (Wildman–Crippen LogP) is 15.5. The summed E-state index contributed by atoms with van der Waals surface area (Å²) < 4.78 is 6.17. The molecule has 0 spiro atoms. The van der Waals surface area contributed by atoms with Crippen LogP contribution in [0.4, 0.5) is 0 Å². The molecular formula is C54H32O. The highest BCUT2D eigenvalue weighted by Crippen LogP contribution is 2.49. The Morgan fingerprint density at radius 2 is 0.691 bits per heavy atom. The zero-order chi connectivity index (χ0) is 36.0. The quantitative estimate of drug-likeness (QED) is 0.132. The van der Waals surface area contributed by atoms with E-state index < -0.39 is 0 Å². The molecule has 0 saturated carbocycles. The molecule has 1 nitrogen and oxygen atoms in total. The average Bonchev–Trinajstić information content (AvgIpc) is 3.63. The fourth-order valence-electron chi connectivity index (χ4n) is 9.46. The Bertz CT molecular complexity index is 3490. The standard InChI is InChI=1S/C54H32O/c1-2-18-38-36(16-1)37-17-3-5-21-41(37)53-42-22-6-4-19-39(42)49(32-48(38)53)54-45-25-9-7-23-43(45)52(44-24-8-10-26-46(44)54)35-15-13-14-33(30-35)34-28-29-51-47(31-34)40-20-11-12-27-50(40)55-51/h1-32H. The number of rotatable bonds is 3. The van der Waals surface area contributed by atoms with Crippen molar-refractivity contribution >= 4 is 86.6 Å². The summed E-state index contributed by atoms with van der Waals surface area (Å²) in [5.74, 6) is 0. The molecule has 0 bridgehead atoms. The van der Waals surface area contributed by atoms with Crippen LogP contribution in [0.3, 0.4) is 0 Å². The molecule has 0 fully saturated rings.